The molecule has 0 radical (unpaired) electrons. The second-order valence-electron chi connectivity index (χ2n) is 9.37. The Labute approximate surface area is 214 Å². The Hall–Kier alpha value is -3.88. The molecule has 3 aromatic carbocycles. The van der Waals surface area contributed by atoms with Gasteiger partial charge in [-0.25, -0.2) is 0 Å². The highest BCUT2D eigenvalue weighted by atomic mass is 16.6. The molecular weight excluding hydrogens is 472 g/mol. The molecule has 8 heteroatoms. The van der Waals surface area contributed by atoms with Gasteiger partial charge in [-0.2, -0.15) is 0 Å². The van der Waals surface area contributed by atoms with Crippen LogP contribution in [-0.2, 0) is 14.3 Å². The van der Waals surface area contributed by atoms with Crippen molar-refractivity contribution >= 4 is 28.2 Å². The summed E-state index contributed by atoms with van der Waals surface area (Å²) >= 11 is 0. The van der Waals surface area contributed by atoms with Crippen LogP contribution in [0.3, 0.4) is 0 Å². The Morgan fingerprint density at radius 3 is 2.46 bits per heavy atom. The van der Waals surface area contributed by atoms with E-state index in [1.807, 2.05) is 42.5 Å². The van der Waals surface area contributed by atoms with E-state index >= 15 is 0 Å². The van der Waals surface area contributed by atoms with Crippen LogP contribution in [0.15, 0.2) is 66.2 Å². The predicted octanol–water partition coefficient (Wildman–Crippen LogP) is 3.36. The second kappa shape index (κ2) is 9.88. The molecule has 1 atom stereocenters. The Morgan fingerprint density at radius 2 is 1.62 bits per heavy atom. The van der Waals surface area contributed by atoms with Gasteiger partial charge in [0.15, 0.2) is 11.5 Å². The number of fused-ring (bicyclic) bond motifs is 2. The van der Waals surface area contributed by atoms with E-state index in [4.69, 9.17) is 14.2 Å². The summed E-state index contributed by atoms with van der Waals surface area (Å²) < 4.78 is 16.7. The molecule has 3 aliphatic heterocycles. The fourth-order valence-electron chi connectivity index (χ4n) is 5.34. The van der Waals surface area contributed by atoms with Crippen LogP contribution in [0.1, 0.15) is 17.2 Å². The fourth-order valence-corrected chi connectivity index (χ4v) is 5.34. The largest absolute Gasteiger partial charge is 0.507 e. The maximum atomic E-state index is 13.5. The van der Waals surface area contributed by atoms with Crippen molar-refractivity contribution in [2.24, 2.45) is 0 Å². The average molecular weight is 501 g/mol. The van der Waals surface area contributed by atoms with Crippen LogP contribution < -0.4 is 9.47 Å². The number of ketones is 1. The van der Waals surface area contributed by atoms with E-state index in [-0.39, 0.29) is 11.3 Å². The molecule has 0 aliphatic carbocycles. The maximum absolute atomic E-state index is 13.5. The van der Waals surface area contributed by atoms with E-state index < -0.39 is 17.7 Å². The molecule has 190 valence electrons. The molecule has 2 fully saturated rings. The number of rotatable bonds is 5. The van der Waals surface area contributed by atoms with Gasteiger partial charge in [-0.15, -0.1) is 0 Å². The van der Waals surface area contributed by atoms with Crippen molar-refractivity contribution in [3.05, 3.63) is 77.4 Å². The first-order valence-electron chi connectivity index (χ1n) is 12.6. The van der Waals surface area contributed by atoms with Crippen molar-refractivity contribution < 1.29 is 28.9 Å². The third-order valence-electron chi connectivity index (χ3n) is 7.23. The maximum Gasteiger partial charge on any atom is 0.295 e. The molecule has 37 heavy (non-hydrogen) atoms. The molecule has 1 unspecified atom stereocenters. The van der Waals surface area contributed by atoms with Crippen LogP contribution in [0, 0.1) is 0 Å². The number of hydrogen-bond acceptors (Lipinski definition) is 7. The minimum absolute atomic E-state index is 0.0833. The number of ether oxygens (including phenoxy) is 3. The van der Waals surface area contributed by atoms with Crippen molar-refractivity contribution in [2.75, 3.05) is 52.6 Å². The lowest BCUT2D eigenvalue weighted by Crippen LogP contribution is -2.42. The van der Waals surface area contributed by atoms with Crippen molar-refractivity contribution in [1.82, 2.24) is 9.80 Å². The molecule has 0 aromatic heterocycles. The number of nitrogens with zero attached hydrogens (tertiary/aromatic N) is 2. The van der Waals surface area contributed by atoms with Crippen LogP contribution in [0.4, 0.5) is 0 Å². The lowest BCUT2D eigenvalue weighted by molar-refractivity contribution is -0.140. The van der Waals surface area contributed by atoms with Crippen LogP contribution in [0.5, 0.6) is 11.5 Å². The van der Waals surface area contributed by atoms with Gasteiger partial charge in [0.05, 0.1) is 24.8 Å². The van der Waals surface area contributed by atoms with Gasteiger partial charge in [0.25, 0.3) is 11.7 Å². The van der Waals surface area contributed by atoms with Crippen molar-refractivity contribution in [1.29, 1.82) is 0 Å². The van der Waals surface area contributed by atoms with Crippen LogP contribution in [-0.4, -0.2) is 79.2 Å². The molecular formula is C29H28N2O6. The zero-order chi connectivity index (χ0) is 25.4. The number of amides is 1. The molecule has 8 nitrogen and oxygen atoms in total. The standard InChI is InChI=1S/C29H28N2O6/c32-27(20-8-9-23-24(18-20)37-17-16-36-23)25-26(22-7-3-5-19-4-1-2-6-21(19)22)31(29(34)28(25)33)11-10-30-12-14-35-15-13-30/h1-9,18,26,32H,10-17H2. The number of hydrogen-bond donors (Lipinski definition) is 1. The third-order valence-corrected chi connectivity index (χ3v) is 7.23. The van der Waals surface area contributed by atoms with Gasteiger partial charge in [-0.05, 0) is 34.5 Å². The van der Waals surface area contributed by atoms with Gasteiger partial charge >= 0.3 is 0 Å². The molecule has 3 aromatic rings. The van der Waals surface area contributed by atoms with Gasteiger partial charge in [0.1, 0.15) is 19.0 Å². The summed E-state index contributed by atoms with van der Waals surface area (Å²) in [4.78, 5) is 30.7. The highest BCUT2D eigenvalue weighted by molar-refractivity contribution is 6.46. The predicted molar refractivity (Wildman–Crippen MR) is 138 cm³/mol. The number of morpholine rings is 1. The summed E-state index contributed by atoms with van der Waals surface area (Å²) in [6, 6.07) is 18.1. The molecule has 1 amide bonds. The van der Waals surface area contributed by atoms with Crippen molar-refractivity contribution in [3.8, 4) is 11.5 Å². The monoisotopic (exact) mass is 500 g/mol. The Bertz CT molecular complexity index is 1390. The van der Waals surface area contributed by atoms with Crippen molar-refractivity contribution in [2.45, 2.75) is 6.04 Å². The molecule has 3 heterocycles. The smallest absolute Gasteiger partial charge is 0.295 e. The summed E-state index contributed by atoms with van der Waals surface area (Å²) in [5.74, 6) is -0.433. The molecule has 6 rings (SSSR count). The summed E-state index contributed by atoms with van der Waals surface area (Å²) in [7, 11) is 0. The Balaban J connectivity index is 1.46. The van der Waals surface area contributed by atoms with Crippen LogP contribution in [0.25, 0.3) is 16.5 Å². The summed E-state index contributed by atoms with van der Waals surface area (Å²) in [6.07, 6.45) is 0. The minimum atomic E-state index is -0.722. The first-order chi connectivity index (χ1) is 18.1. The van der Waals surface area contributed by atoms with Gasteiger partial charge in [-0.1, -0.05) is 42.5 Å². The third kappa shape index (κ3) is 4.32. The number of aliphatic hydroxyl groups is 1. The number of carbonyl (C=O) groups is 2. The number of aliphatic hydroxyl groups excluding tert-OH is 1. The fraction of sp³-hybridized carbons (Fsp3) is 0.310. The number of likely N-dealkylation sites (tertiary alicyclic amines) is 1. The second-order valence-corrected chi connectivity index (χ2v) is 9.37. The molecule has 1 N–H and O–H groups in total. The zero-order valence-electron chi connectivity index (χ0n) is 20.4. The van der Waals surface area contributed by atoms with E-state index in [2.05, 4.69) is 4.90 Å². The minimum Gasteiger partial charge on any atom is -0.507 e. The number of benzene rings is 3. The molecule has 0 spiro atoms. The zero-order valence-corrected chi connectivity index (χ0v) is 20.4. The highest BCUT2D eigenvalue weighted by Gasteiger charge is 2.46. The van der Waals surface area contributed by atoms with E-state index in [0.717, 1.165) is 29.4 Å². The van der Waals surface area contributed by atoms with Crippen LogP contribution in [0.2, 0.25) is 0 Å². The van der Waals surface area contributed by atoms with Crippen LogP contribution >= 0.6 is 0 Å². The van der Waals surface area contributed by atoms with E-state index in [1.165, 1.54) is 0 Å². The van der Waals surface area contributed by atoms with Gasteiger partial charge < -0.3 is 24.2 Å². The summed E-state index contributed by atoms with van der Waals surface area (Å²) in [6.45, 7) is 4.68. The van der Waals surface area contributed by atoms with Crippen molar-refractivity contribution in [3.63, 3.8) is 0 Å². The molecule has 2 saturated heterocycles. The number of carbonyl (C=O) groups excluding carboxylic acids is 2. The van der Waals surface area contributed by atoms with Gasteiger partial charge in [-0.3, -0.25) is 14.5 Å². The Kier molecular flexibility index (Phi) is 6.28. The molecule has 3 aliphatic rings. The summed E-state index contributed by atoms with van der Waals surface area (Å²) in [5, 5.41) is 13.4. The Morgan fingerprint density at radius 1 is 0.865 bits per heavy atom. The highest BCUT2D eigenvalue weighted by Crippen LogP contribution is 2.43. The molecule has 0 bridgehead atoms. The average Bonchev–Trinajstić information content (AvgIpc) is 3.20. The van der Waals surface area contributed by atoms with E-state index in [0.29, 0.717) is 56.6 Å². The first-order valence-corrected chi connectivity index (χ1v) is 12.6. The lowest BCUT2D eigenvalue weighted by Gasteiger charge is -2.31. The quantitative estimate of drug-likeness (QED) is 0.327. The lowest BCUT2D eigenvalue weighted by atomic mass is 9.91. The number of Topliss-reactive ketones (excluding diaryl/α,β-unsaturated/α-hetero) is 1. The SMILES string of the molecule is O=C1C(=O)N(CCN2CCOCC2)C(c2cccc3ccccc23)C1=C(O)c1ccc2c(c1)OCCO2. The topological polar surface area (TPSA) is 88.5 Å². The van der Waals surface area contributed by atoms with E-state index in [9.17, 15) is 14.7 Å². The summed E-state index contributed by atoms with van der Waals surface area (Å²) in [5.41, 5.74) is 1.29. The first kappa shape index (κ1) is 23.5. The van der Waals surface area contributed by atoms with Gasteiger partial charge in [0.2, 0.25) is 0 Å². The molecule has 0 saturated carbocycles. The van der Waals surface area contributed by atoms with Gasteiger partial charge in [0, 0.05) is 31.7 Å². The van der Waals surface area contributed by atoms with E-state index in [1.54, 1.807) is 23.1 Å². The normalized spacial score (nSPS) is 21.5.